The van der Waals surface area contributed by atoms with Crippen molar-refractivity contribution < 1.29 is 0 Å². The van der Waals surface area contributed by atoms with Crippen LogP contribution in [0, 0.1) is 0 Å². The van der Waals surface area contributed by atoms with Crippen LogP contribution in [0.3, 0.4) is 0 Å². The molecular formula is C17H25N3. The molecule has 3 heteroatoms. The van der Waals surface area contributed by atoms with Gasteiger partial charge >= 0.3 is 0 Å². The van der Waals surface area contributed by atoms with Crippen LogP contribution in [0.4, 0.5) is 0 Å². The molecule has 108 valence electrons. The van der Waals surface area contributed by atoms with Crippen LogP contribution in [0.2, 0.25) is 0 Å². The maximum Gasteiger partial charge on any atom is 0.0951 e. The maximum atomic E-state index is 4.26. The fourth-order valence-electron chi connectivity index (χ4n) is 2.15. The molecule has 0 unspecified atom stereocenters. The van der Waals surface area contributed by atoms with E-state index in [2.05, 4.69) is 66.8 Å². The molecule has 0 aliphatic heterocycles. The van der Waals surface area contributed by atoms with Crippen LogP contribution in [0.25, 0.3) is 0 Å². The van der Waals surface area contributed by atoms with Gasteiger partial charge in [-0.05, 0) is 17.0 Å². The molecule has 20 heavy (non-hydrogen) atoms. The molecule has 0 aliphatic carbocycles. The Morgan fingerprint density at radius 2 is 1.80 bits per heavy atom. The zero-order valence-electron chi connectivity index (χ0n) is 12.9. The van der Waals surface area contributed by atoms with Crippen molar-refractivity contribution in [1.82, 2.24) is 14.9 Å². The molecule has 0 spiro atoms. The van der Waals surface area contributed by atoms with Gasteiger partial charge in [-0.1, -0.05) is 52.0 Å². The molecule has 1 aromatic heterocycles. The summed E-state index contributed by atoms with van der Waals surface area (Å²) in [5.41, 5.74) is 3.94. The summed E-state index contributed by atoms with van der Waals surface area (Å²) in [7, 11) is 0. The largest absolute Gasteiger partial charge is 0.329 e. The third kappa shape index (κ3) is 3.94. The van der Waals surface area contributed by atoms with Gasteiger partial charge in [-0.3, -0.25) is 0 Å². The third-order valence-electron chi connectivity index (χ3n) is 3.49. The van der Waals surface area contributed by atoms with Crippen LogP contribution >= 0.6 is 0 Å². The Balaban J connectivity index is 2.04. The van der Waals surface area contributed by atoms with E-state index in [-0.39, 0.29) is 0 Å². The van der Waals surface area contributed by atoms with Crippen LogP contribution in [0.15, 0.2) is 36.8 Å². The number of rotatable bonds is 6. The Kier molecular flexibility index (Phi) is 4.96. The van der Waals surface area contributed by atoms with E-state index in [1.807, 2.05) is 12.5 Å². The van der Waals surface area contributed by atoms with E-state index in [1.165, 1.54) is 16.8 Å². The summed E-state index contributed by atoms with van der Waals surface area (Å²) in [6, 6.07) is 9.37. The van der Waals surface area contributed by atoms with Gasteiger partial charge in [-0.2, -0.15) is 0 Å². The summed E-state index contributed by atoms with van der Waals surface area (Å²) >= 11 is 0. The SMILES string of the molecule is CC(C)NCc1cncn1Cc1ccc(C(C)C)cc1. The van der Waals surface area contributed by atoms with Gasteiger partial charge in [0.05, 0.1) is 12.0 Å². The Bertz CT molecular complexity index is 523. The highest BCUT2D eigenvalue weighted by Gasteiger charge is 2.04. The van der Waals surface area contributed by atoms with E-state index >= 15 is 0 Å². The smallest absolute Gasteiger partial charge is 0.0951 e. The molecule has 0 atom stereocenters. The fourth-order valence-corrected chi connectivity index (χ4v) is 2.15. The van der Waals surface area contributed by atoms with E-state index < -0.39 is 0 Å². The van der Waals surface area contributed by atoms with E-state index in [9.17, 15) is 0 Å². The Morgan fingerprint density at radius 1 is 1.10 bits per heavy atom. The zero-order chi connectivity index (χ0) is 14.5. The molecule has 2 rings (SSSR count). The predicted molar refractivity (Wildman–Crippen MR) is 83.8 cm³/mol. The highest BCUT2D eigenvalue weighted by Crippen LogP contribution is 2.15. The minimum absolute atomic E-state index is 0.490. The Labute approximate surface area is 122 Å². The fraction of sp³-hybridized carbons (Fsp3) is 0.471. The van der Waals surface area contributed by atoms with Crippen LogP contribution in [-0.2, 0) is 13.1 Å². The monoisotopic (exact) mass is 271 g/mol. The van der Waals surface area contributed by atoms with Crippen LogP contribution in [-0.4, -0.2) is 15.6 Å². The summed E-state index contributed by atoms with van der Waals surface area (Å²) < 4.78 is 2.21. The topological polar surface area (TPSA) is 29.9 Å². The number of nitrogens with zero attached hydrogens (tertiary/aromatic N) is 2. The predicted octanol–water partition coefficient (Wildman–Crippen LogP) is 3.55. The molecule has 0 amide bonds. The first kappa shape index (κ1) is 14.8. The summed E-state index contributed by atoms with van der Waals surface area (Å²) in [5, 5.41) is 3.44. The molecule has 1 N–H and O–H groups in total. The highest BCUT2D eigenvalue weighted by atomic mass is 15.1. The molecule has 3 nitrogen and oxygen atoms in total. The van der Waals surface area contributed by atoms with Crippen LogP contribution in [0.5, 0.6) is 0 Å². The van der Waals surface area contributed by atoms with Crippen molar-refractivity contribution in [3.05, 3.63) is 53.6 Å². The highest BCUT2D eigenvalue weighted by molar-refractivity contribution is 5.25. The summed E-state index contributed by atoms with van der Waals surface area (Å²) in [6.07, 6.45) is 3.85. The standard InChI is InChI=1S/C17H25N3/c1-13(2)16-7-5-15(6-8-16)11-20-12-18-9-17(20)10-19-14(3)4/h5-9,12-14,19H,10-11H2,1-4H3. The summed E-state index contributed by atoms with van der Waals surface area (Å²) in [5.74, 6) is 0.586. The number of hydrogen-bond acceptors (Lipinski definition) is 2. The lowest BCUT2D eigenvalue weighted by Gasteiger charge is -2.12. The second kappa shape index (κ2) is 6.71. The second-order valence-corrected chi connectivity index (χ2v) is 5.94. The lowest BCUT2D eigenvalue weighted by Crippen LogP contribution is -2.23. The van der Waals surface area contributed by atoms with Gasteiger partial charge in [0.2, 0.25) is 0 Å². The lowest BCUT2D eigenvalue weighted by molar-refractivity contribution is 0.564. The summed E-state index contributed by atoms with van der Waals surface area (Å²) in [4.78, 5) is 4.26. The quantitative estimate of drug-likeness (QED) is 0.870. The number of benzene rings is 1. The maximum absolute atomic E-state index is 4.26. The molecule has 2 aromatic rings. The zero-order valence-corrected chi connectivity index (χ0v) is 12.9. The van der Waals surface area contributed by atoms with E-state index in [4.69, 9.17) is 0 Å². The van der Waals surface area contributed by atoms with Gasteiger partial charge in [0.1, 0.15) is 0 Å². The molecule has 0 saturated carbocycles. The third-order valence-corrected chi connectivity index (χ3v) is 3.49. The van der Waals surface area contributed by atoms with Gasteiger partial charge in [0.25, 0.3) is 0 Å². The van der Waals surface area contributed by atoms with Crippen molar-refractivity contribution in [1.29, 1.82) is 0 Å². The van der Waals surface area contributed by atoms with Crippen molar-refractivity contribution in [2.45, 2.75) is 52.7 Å². The van der Waals surface area contributed by atoms with Gasteiger partial charge in [0, 0.05) is 25.3 Å². The number of imidazole rings is 1. The first-order valence-electron chi connectivity index (χ1n) is 7.37. The molecule has 0 fully saturated rings. The Morgan fingerprint density at radius 3 is 2.40 bits per heavy atom. The molecule has 0 aliphatic rings. The first-order chi connectivity index (χ1) is 9.56. The van der Waals surface area contributed by atoms with Crippen LogP contribution < -0.4 is 5.32 Å². The Hall–Kier alpha value is -1.61. The minimum atomic E-state index is 0.490. The van der Waals surface area contributed by atoms with E-state index in [0.717, 1.165) is 13.1 Å². The molecule has 0 saturated heterocycles. The van der Waals surface area contributed by atoms with Gasteiger partial charge in [0.15, 0.2) is 0 Å². The van der Waals surface area contributed by atoms with Gasteiger partial charge < -0.3 is 9.88 Å². The number of nitrogens with one attached hydrogen (secondary N) is 1. The van der Waals surface area contributed by atoms with Crippen molar-refractivity contribution >= 4 is 0 Å². The normalized spacial score (nSPS) is 11.5. The van der Waals surface area contributed by atoms with E-state index in [1.54, 1.807) is 0 Å². The molecule has 0 bridgehead atoms. The second-order valence-electron chi connectivity index (χ2n) is 5.94. The van der Waals surface area contributed by atoms with E-state index in [0.29, 0.717) is 12.0 Å². The number of aromatic nitrogens is 2. The van der Waals surface area contributed by atoms with Crippen molar-refractivity contribution in [2.24, 2.45) is 0 Å². The van der Waals surface area contributed by atoms with Crippen LogP contribution in [0.1, 0.15) is 50.4 Å². The molecule has 1 heterocycles. The molecular weight excluding hydrogens is 246 g/mol. The van der Waals surface area contributed by atoms with Crippen molar-refractivity contribution in [2.75, 3.05) is 0 Å². The first-order valence-corrected chi connectivity index (χ1v) is 7.37. The van der Waals surface area contributed by atoms with Crippen molar-refractivity contribution in [3.8, 4) is 0 Å². The average Bonchev–Trinajstić information content (AvgIpc) is 2.84. The van der Waals surface area contributed by atoms with Crippen molar-refractivity contribution in [3.63, 3.8) is 0 Å². The molecule has 0 radical (unpaired) electrons. The lowest BCUT2D eigenvalue weighted by atomic mass is 10.0. The molecule has 1 aromatic carbocycles. The van der Waals surface area contributed by atoms with Gasteiger partial charge in [-0.25, -0.2) is 4.98 Å². The average molecular weight is 271 g/mol. The minimum Gasteiger partial charge on any atom is -0.329 e. The summed E-state index contributed by atoms with van der Waals surface area (Å²) in [6.45, 7) is 10.5. The van der Waals surface area contributed by atoms with Gasteiger partial charge in [-0.15, -0.1) is 0 Å². The number of hydrogen-bond donors (Lipinski definition) is 1.